The third-order valence-corrected chi connectivity index (χ3v) is 7.64. The highest BCUT2D eigenvalue weighted by molar-refractivity contribution is 6.45. The number of carbonyl (C=O) groups is 4. The summed E-state index contributed by atoms with van der Waals surface area (Å²) < 4.78 is 5.53. The second-order valence-corrected chi connectivity index (χ2v) is 10.6. The van der Waals surface area contributed by atoms with Gasteiger partial charge in [0.1, 0.15) is 17.4 Å². The van der Waals surface area contributed by atoms with Crippen LogP contribution in [-0.4, -0.2) is 36.4 Å². The number of hydrogen-bond donors (Lipinski definition) is 1. The van der Waals surface area contributed by atoms with Crippen molar-refractivity contribution in [3.05, 3.63) is 100 Å². The first-order chi connectivity index (χ1) is 20.2. The molecule has 3 aromatic carbocycles. The van der Waals surface area contributed by atoms with Crippen LogP contribution in [0.2, 0.25) is 10.0 Å². The van der Waals surface area contributed by atoms with Gasteiger partial charge in [-0.1, -0.05) is 97.7 Å². The Balaban J connectivity index is 1.28. The van der Waals surface area contributed by atoms with Crippen LogP contribution in [0.1, 0.15) is 72.6 Å². The first-order valence-electron chi connectivity index (χ1n) is 14.0. The maximum Gasteiger partial charge on any atom is 0.220 e. The molecule has 0 heterocycles. The molecular formula is C34H35Cl2NO5. The summed E-state index contributed by atoms with van der Waals surface area (Å²) in [5, 5.41) is 2.99. The first-order valence-corrected chi connectivity index (χ1v) is 14.8. The molecule has 0 aromatic heterocycles. The van der Waals surface area contributed by atoms with Gasteiger partial charge < -0.3 is 10.1 Å². The van der Waals surface area contributed by atoms with E-state index in [0.717, 1.165) is 24.0 Å². The maximum atomic E-state index is 12.5. The van der Waals surface area contributed by atoms with E-state index < -0.39 is 0 Å². The number of amides is 1. The number of allylic oxidation sites excluding steroid dienone is 1. The Morgan fingerprint density at radius 3 is 2.17 bits per heavy atom. The van der Waals surface area contributed by atoms with Crippen LogP contribution >= 0.6 is 23.2 Å². The van der Waals surface area contributed by atoms with Gasteiger partial charge in [-0.25, -0.2) is 0 Å². The van der Waals surface area contributed by atoms with Gasteiger partial charge in [-0.15, -0.1) is 0 Å². The highest BCUT2D eigenvalue weighted by Gasteiger charge is 2.18. The fourth-order valence-electron chi connectivity index (χ4n) is 4.19. The molecule has 0 saturated heterocycles. The van der Waals surface area contributed by atoms with Crippen molar-refractivity contribution in [2.75, 3.05) is 13.2 Å². The summed E-state index contributed by atoms with van der Waals surface area (Å²) >= 11 is 12.5. The van der Waals surface area contributed by atoms with Gasteiger partial charge in [0.15, 0.2) is 17.3 Å². The average Bonchev–Trinajstić information content (AvgIpc) is 3.02. The third kappa shape index (κ3) is 9.68. The van der Waals surface area contributed by atoms with Crippen molar-refractivity contribution in [1.82, 2.24) is 5.32 Å². The van der Waals surface area contributed by atoms with Crippen molar-refractivity contribution < 1.29 is 23.9 Å². The molecule has 0 atom stereocenters. The molecule has 6 nitrogen and oxygen atoms in total. The lowest BCUT2D eigenvalue weighted by molar-refractivity contribution is -0.122. The molecule has 0 saturated carbocycles. The Morgan fingerprint density at radius 2 is 1.48 bits per heavy atom. The fourth-order valence-corrected chi connectivity index (χ4v) is 4.65. The van der Waals surface area contributed by atoms with Gasteiger partial charge in [0, 0.05) is 36.9 Å². The van der Waals surface area contributed by atoms with Crippen LogP contribution in [0, 0.1) is 0 Å². The Kier molecular flexibility index (Phi) is 13.0. The SMILES string of the molecule is C=C(CC)C(=O)c1ccc(OCC(=O)CCCCCNC(=O)CCC(=O)c2ccc(-c3ccccc3)cc2)c(Cl)c1Cl. The average molecular weight is 609 g/mol. The van der Waals surface area contributed by atoms with Gasteiger partial charge >= 0.3 is 0 Å². The van der Waals surface area contributed by atoms with Crippen LogP contribution in [0.5, 0.6) is 5.75 Å². The lowest BCUT2D eigenvalue weighted by Crippen LogP contribution is -2.24. The predicted octanol–water partition coefficient (Wildman–Crippen LogP) is 8.10. The van der Waals surface area contributed by atoms with Crippen molar-refractivity contribution in [2.45, 2.75) is 51.9 Å². The quantitative estimate of drug-likeness (QED) is 0.0951. The van der Waals surface area contributed by atoms with Crippen molar-refractivity contribution >= 4 is 46.5 Å². The van der Waals surface area contributed by atoms with E-state index in [9.17, 15) is 19.2 Å². The van der Waals surface area contributed by atoms with Gasteiger partial charge in [-0.3, -0.25) is 19.2 Å². The second-order valence-electron chi connectivity index (χ2n) is 9.88. The van der Waals surface area contributed by atoms with Crippen LogP contribution in [0.3, 0.4) is 0 Å². The Bertz CT molecular complexity index is 1420. The molecule has 42 heavy (non-hydrogen) atoms. The zero-order valence-electron chi connectivity index (χ0n) is 23.7. The number of ether oxygens (including phenoxy) is 1. The highest BCUT2D eigenvalue weighted by Crippen LogP contribution is 2.36. The number of unbranched alkanes of at least 4 members (excludes halogenated alkanes) is 2. The largest absolute Gasteiger partial charge is 0.484 e. The molecule has 220 valence electrons. The zero-order valence-corrected chi connectivity index (χ0v) is 25.2. The number of ketones is 3. The molecule has 3 aromatic rings. The van der Waals surface area contributed by atoms with Crippen LogP contribution in [-0.2, 0) is 9.59 Å². The van der Waals surface area contributed by atoms with Crippen LogP contribution in [0.25, 0.3) is 11.1 Å². The topological polar surface area (TPSA) is 89.5 Å². The molecule has 0 aliphatic heterocycles. The first kappa shape index (κ1) is 32.8. The van der Waals surface area contributed by atoms with Gasteiger partial charge in [-0.2, -0.15) is 0 Å². The molecule has 3 rings (SSSR count). The number of nitrogens with one attached hydrogen (secondary N) is 1. The fraction of sp³-hybridized carbons (Fsp3) is 0.294. The number of halogens is 2. The van der Waals surface area contributed by atoms with Crippen molar-refractivity contribution in [2.24, 2.45) is 0 Å². The summed E-state index contributed by atoms with van der Waals surface area (Å²) in [5.41, 5.74) is 3.38. The Morgan fingerprint density at radius 1 is 0.786 bits per heavy atom. The Labute approximate surface area is 257 Å². The van der Waals surface area contributed by atoms with Crippen molar-refractivity contribution in [3.63, 3.8) is 0 Å². The molecule has 1 N–H and O–H groups in total. The number of carbonyl (C=O) groups excluding carboxylic acids is 4. The van der Waals surface area contributed by atoms with Gasteiger partial charge in [-0.05, 0) is 48.1 Å². The standard InChI is InChI=1S/C34H35Cl2NO5/c1-3-23(2)34(41)28-17-19-30(33(36)32(28)35)42-22-27(38)12-8-5-9-21-37-31(40)20-18-29(39)26-15-13-25(14-16-26)24-10-6-4-7-11-24/h4,6-7,10-11,13-17,19H,2-3,5,8-9,12,18,20-22H2,1H3,(H,37,40). The highest BCUT2D eigenvalue weighted by atomic mass is 35.5. The van der Waals surface area contributed by atoms with Crippen molar-refractivity contribution in [1.29, 1.82) is 0 Å². The smallest absolute Gasteiger partial charge is 0.220 e. The Hall–Kier alpha value is -3.74. The number of benzene rings is 3. The molecule has 0 radical (unpaired) electrons. The molecule has 0 spiro atoms. The molecule has 0 aliphatic carbocycles. The zero-order chi connectivity index (χ0) is 30.5. The van der Waals surface area contributed by atoms with Gasteiger partial charge in [0.05, 0.1) is 5.02 Å². The summed E-state index contributed by atoms with van der Waals surface area (Å²) in [7, 11) is 0. The minimum absolute atomic E-state index is 0.0686. The molecular weight excluding hydrogens is 573 g/mol. The minimum atomic E-state index is -0.276. The van der Waals surface area contributed by atoms with E-state index in [1.54, 1.807) is 12.1 Å². The van der Waals surface area contributed by atoms with Crippen LogP contribution in [0.15, 0.2) is 78.9 Å². The summed E-state index contributed by atoms with van der Waals surface area (Å²) in [6.45, 7) is 5.88. The molecule has 0 aliphatic rings. The summed E-state index contributed by atoms with van der Waals surface area (Å²) in [4.78, 5) is 49.2. The van der Waals surface area contributed by atoms with E-state index in [1.807, 2.05) is 49.4 Å². The van der Waals surface area contributed by atoms with Gasteiger partial charge in [0.25, 0.3) is 0 Å². The predicted molar refractivity (Wildman–Crippen MR) is 168 cm³/mol. The number of rotatable bonds is 17. The van der Waals surface area contributed by atoms with E-state index in [0.29, 0.717) is 36.9 Å². The minimum Gasteiger partial charge on any atom is -0.484 e. The van der Waals surface area contributed by atoms with Crippen LogP contribution < -0.4 is 10.1 Å². The maximum absolute atomic E-state index is 12.5. The molecule has 1 amide bonds. The number of Topliss-reactive ketones (excluding diaryl/α,β-unsaturated/α-hetero) is 3. The summed E-state index contributed by atoms with van der Waals surface area (Å²) in [6, 6.07) is 20.4. The third-order valence-electron chi connectivity index (χ3n) is 6.78. The monoisotopic (exact) mass is 607 g/mol. The molecule has 8 heteroatoms. The van der Waals surface area contributed by atoms with Crippen LogP contribution in [0.4, 0.5) is 0 Å². The normalized spacial score (nSPS) is 10.6. The molecule has 0 fully saturated rings. The second kappa shape index (κ2) is 16.6. The van der Waals surface area contributed by atoms with Crippen molar-refractivity contribution in [3.8, 4) is 16.9 Å². The van der Waals surface area contributed by atoms with Gasteiger partial charge in [0.2, 0.25) is 5.91 Å². The van der Waals surface area contributed by atoms with E-state index in [-0.39, 0.29) is 64.1 Å². The molecule has 0 bridgehead atoms. The lowest BCUT2D eigenvalue weighted by atomic mass is 10.0. The van der Waals surface area contributed by atoms with E-state index in [4.69, 9.17) is 27.9 Å². The van der Waals surface area contributed by atoms with E-state index >= 15 is 0 Å². The van der Waals surface area contributed by atoms with E-state index in [1.165, 1.54) is 12.1 Å². The summed E-state index contributed by atoms with van der Waals surface area (Å²) in [5.74, 6) is -0.376. The summed E-state index contributed by atoms with van der Waals surface area (Å²) in [6.07, 6.45) is 3.22. The number of hydrogen-bond acceptors (Lipinski definition) is 5. The lowest BCUT2D eigenvalue weighted by Gasteiger charge is -2.12. The van der Waals surface area contributed by atoms with E-state index in [2.05, 4.69) is 11.9 Å². The molecule has 0 unspecified atom stereocenters.